The Morgan fingerprint density at radius 2 is 2.19 bits per heavy atom. The third-order valence-corrected chi connectivity index (χ3v) is 2.75. The van der Waals surface area contributed by atoms with Crippen LogP contribution in [0.25, 0.3) is 0 Å². The van der Waals surface area contributed by atoms with Gasteiger partial charge in [-0.05, 0) is 24.6 Å². The van der Waals surface area contributed by atoms with Crippen LogP contribution in [-0.4, -0.2) is 29.5 Å². The molecule has 0 spiro atoms. The lowest BCUT2D eigenvalue weighted by Gasteiger charge is -2.08. The number of hydrogen-bond donors (Lipinski definition) is 2. The number of aromatic nitrogens is 2. The van der Waals surface area contributed by atoms with Crippen LogP contribution < -0.4 is 15.4 Å². The van der Waals surface area contributed by atoms with Crippen molar-refractivity contribution in [3.8, 4) is 5.75 Å². The summed E-state index contributed by atoms with van der Waals surface area (Å²) >= 11 is 0. The summed E-state index contributed by atoms with van der Waals surface area (Å²) in [5, 5.41) is 5.83. The number of hydrogen-bond acceptors (Lipinski definition) is 5. The first kappa shape index (κ1) is 14.8. The third-order valence-electron chi connectivity index (χ3n) is 2.75. The van der Waals surface area contributed by atoms with E-state index in [0.717, 1.165) is 17.9 Å². The van der Waals surface area contributed by atoms with Crippen LogP contribution in [0.15, 0.2) is 36.5 Å². The smallest absolute Gasteiger partial charge is 0.270 e. The van der Waals surface area contributed by atoms with Gasteiger partial charge in [0.15, 0.2) is 0 Å². The molecule has 0 unspecified atom stereocenters. The molecule has 1 amide bonds. The molecule has 1 aromatic heterocycles. The lowest BCUT2D eigenvalue weighted by atomic mass is 10.3. The minimum atomic E-state index is -0.201. The van der Waals surface area contributed by atoms with E-state index in [-0.39, 0.29) is 5.91 Å². The van der Waals surface area contributed by atoms with Gasteiger partial charge in [0.2, 0.25) is 5.95 Å². The molecule has 0 radical (unpaired) electrons. The van der Waals surface area contributed by atoms with Crippen molar-refractivity contribution in [1.29, 1.82) is 0 Å². The van der Waals surface area contributed by atoms with Crippen molar-refractivity contribution in [2.45, 2.75) is 13.3 Å². The first-order valence-corrected chi connectivity index (χ1v) is 6.75. The maximum Gasteiger partial charge on any atom is 0.270 e. The Morgan fingerprint density at radius 3 is 2.95 bits per heavy atom. The van der Waals surface area contributed by atoms with E-state index in [9.17, 15) is 4.79 Å². The molecule has 2 N–H and O–H groups in total. The van der Waals surface area contributed by atoms with Crippen molar-refractivity contribution in [3.63, 3.8) is 0 Å². The summed E-state index contributed by atoms with van der Waals surface area (Å²) in [5.41, 5.74) is 1.13. The van der Waals surface area contributed by atoms with E-state index < -0.39 is 0 Å². The molecular weight excluding hydrogens is 268 g/mol. The molecule has 21 heavy (non-hydrogen) atoms. The van der Waals surface area contributed by atoms with E-state index in [1.807, 2.05) is 31.2 Å². The van der Waals surface area contributed by atoms with Crippen molar-refractivity contribution < 1.29 is 9.53 Å². The number of benzene rings is 1. The standard InChI is InChI=1S/C15H18N4O2/c1-3-8-16-14(20)13-7-9-17-15(19-13)18-11-5-4-6-12(10-11)21-2/h4-7,9-10H,3,8H2,1-2H3,(H,16,20)(H,17,18,19). The molecule has 0 aliphatic rings. The average molecular weight is 286 g/mol. The van der Waals surface area contributed by atoms with E-state index in [0.29, 0.717) is 18.2 Å². The van der Waals surface area contributed by atoms with Gasteiger partial charge in [-0.3, -0.25) is 4.79 Å². The Labute approximate surface area is 123 Å². The molecule has 0 saturated heterocycles. The summed E-state index contributed by atoms with van der Waals surface area (Å²) < 4.78 is 5.15. The van der Waals surface area contributed by atoms with Gasteiger partial charge in [0, 0.05) is 24.5 Å². The zero-order chi connectivity index (χ0) is 15.1. The van der Waals surface area contributed by atoms with Gasteiger partial charge in [0.1, 0.15) is 11.4 Å². The van der Waals surface area contributed by atoms with Crippen molar-refractivity contribution >= 4 is 17.5 Å². The Kier molecular flexibility index (Phi) is 5.09. The topological polar surface area (TPSA) is 76.1 Å². The first-order valence-electron chi connectivity index (χ1n) is 6.75. The maximum atomic E-state index is 11.9. The Hall–Kier alpha value is -2.63. The van der Waals surface area contributed by atoms with Crippen molar-refractivity contribution in [2.24, 2.45) is 0 Å². The van der Waals surface area contributed by atoms with Crippen molar-refractivity contribution in [2.75, 3.05) is 19.0 Å². The molecule has 0 fully saturated rings. The van der Waals surface area contributed by atoms with Gasteiger partial charge in [-0.15, -0.1) is 0 Å². The Balaban J connectivity index is 2.11. The molecule has 6 nitrogen and oxygen atoms in total. The lowest BCUT2D eigenvalue weighted by Crippen LogP contribution is -2.25. The number of amides is 1. The van der Waals surface area contributed by atoms with E-state index in [1.165, 1.54) is 0 Å². The predicted octanol–water partition coefficient (Wildman–Crippen LogP) is 2.37. The number of nitrogens with one attached hydrogen (secondary N) is 2. The number of ether oxygens (including phenoxy) is 1. The molecule has 110 valence electrons. The van der Waals surface area contributed by atoms with Crippen LogP contribution in [0.3, 0.4) is 0 Å². The van der Waals surface area contributed by atoms with Crippen LogP contribution in [0.2, 0.25) is 0 Å². The van der Waals surface area contributed by atoms with Gasteiger partial charge in [-0.2, -0.15) is 0 Å². The number of nitrogens with zero attached hydrogens (tertiary/aromatic N) is 2. The van der Waals surface area contributed by atoms with Crippen LogP contribution in [0, 0.1) is 0 Å². The molecular formula is C15H18N4O2. The van der Waals surface area contributed by atoms with Crippen LogP contribution in [0.1, 0.15) is 23.8 Å². The van der Waals surface area contributed by atoms with Gasteiger partial charge in [0.25, 0.3) is 5.91 Å². The summed E-state index contributed by atoms with van der Waals surface area (Å²) in [7, 11) is 1.61. The number of rotatable bonds is 6. The highest BCUT2D eigenvalue weighted by atomic mass is 16.5. The maximum absolute atomic E-state index is 11.9. The number of carbonyl (C=O) groups is 1. The highest BCUT2D eigenvalue weighted by Crippen LogP contribution is 2.19. The fraction of sp³-hybridized carbons (Fsp3) is 0.267. The molecule has 1 heterocycles. The van der Waals surface area contributed by atoms with Gasteiger partial charge >= 0.3 is 0 Å². The van der Waals surface area contributed by atoms with Gasteiger partial charge in [0.05, 0.1) is 7.11 Å². The second-order valence-corrected chi connectivity index (χ2v) is 4.38. The Morgan fingerprint density at radius 1 is 1.33 bits per heavy atom. The summed E-state index contributed by atoms with van der Waals surface area (Å²) in [6.07, 6.45) is 2.43. The first-order chi connectivity index (χ1) is 10.2. The average Bonchev–Trinajstić information content (AvgIpc) is 2.53. The number of anilines is 2. The van der Waals surface area contributed by atoms with E-state index in [2.05, 4.69) is 20.6 Å². The fourth-order valence-electron chi connectivity index (χ4n) is 1.70. The van der Waals surface area contributed by atoms with E-state index >= 15 is 0 Å². The van der Waals surface area contributed by atoms with E-state index in [1.54, 1.807) is 19.4 Å². The minimum Gasteiger partial charge on any atom is -0.497 e. The fourth-order valence-corrected chi connectivity index (χ4v) is 1.70. The molecule has 1 aromatic carbocycles. The molecule has 0 atom stereocenters. The molecule has 2 rings (SSSR count). The number of carbonyl (C=O) groups excluding carboxylic acids is 1. The summed E-state index contributed by atoms with van der Waals surface area (Å²) in [6, 6.07) is 8.99. The monoisotopic (exact) mass is 286 g/mol. The summed E-state index contributed by atoms with van der Waals surface area (Å²) in [5.74, 6) is 0.900. The van der Waals surface area contributed by atoms with Crippen LogP contribution >= 0.6 is 0 Å². The summed E-state index contributed by atoms with van der Waals surface area (Å²) in [4.78, 5) is 20.2. The third kappa shape index (κ3) is 4.17. The second kappa shape index (κ2) is 7.23. The lowest BCUT2D eigenvalue weighted by molar-refractivity contribution is 0.0948. The van der Waals surface area contributed by atoms with Crippen molar-refractivity contribution in [3.05, 3.63) is 42.2 Å². The van der Waals surface area contributed by atoms with E-state index in [4.69, 9.17) is 4.74 Å². The normalized spacial score (nSPS) is 10.0. The zero-order valence-electron chi connectivity index (χ0n) is 12.1. The number of methoxy groups -OCH3 is 1. The molecule has 6 heteroatoms. The highest BCUT2D eigenvalue weighted by molar-refractivity contribution is 5.92. The molecule has 0 aliphatic heterocycles. The minimum absolute atomic E-state index is 0.201. The summed E-state index contributed by atoms with van der Waals surface area (Å²) in [6.45, 7) is 2.62. The van der Waals surface area contributed by atoms with Gasteiger partial charge in [-0.1, -0.05) is 13.0 Å². The largest absolute Gasteiger partial charge is 0.497 e. The van der Waals surface area contributed by atoms with Gasteiger partial charge in [-0.25, -0.2) is 9.97 Å². The molecule has 0 aliphatic carbocycles. The van der Waals surface area contributed by atoms with Crippen LogP contribution in [0.5, 0.6) is 5.75 Å². The van der Waals surface area contributed by atoms with Crippen LogP contribution in [0.4, 0.5) is 11.6 Å². The predicted molar refractivity (Wildman–Crippen MR) is 80.9 cm³/mol. The molecule has 2 aromatic rings. The molecule has 0 saturated carbocycles. The van der Waals surface area contributed by atoms with Crippen LogP contribution in [-0.2, 0) is 0 Å². The van der Waals surface area contributed by atoms with Crippen molar-refractivity contribution in [1.82, 2.24) is 15.3 Å². The highest BCUT2D eigenvalue weighted by Gasteiger charge is 2.08. The zero-order valence-corrected chi connectivity index (χ0v) is 12.1. The SMILES string of the molecule is CCCNC(=O)c1ccnc(Nc2cccc(OC)c2)n1. The second-order valence-electron chi connectivity index (χ2n) is 4.38. The molecule has 0 bridgehead atoms. The van der Waals surface area contributed by atoms with Gasteiger partial charge < -0.3 is 15.4 Å². The Bertz CT molecular complexity index is 616. The quantitative estimate of drug-likeness (QED) is 0.852.